The summed E-state index contributed by atoms with van der Waals surface area (Å²) in [7, 11) is 0. The van der Waals surface area contributed by atoms with Crippen molar-refractivity contribution >= 4 is 27.7 Å². The van der Waals surface area contributed by atoms with E-state index in [0.29, 0.717) is 0 Å². The molecule has 28 heavy (non-hydrogen) atoms. The molecule has 3 aromatic heterocycles. The second kappa shape index (κ2) is 5.79. The van der Waals surface area contributed by atoms with E-state index in [0.717, 1.165) is 44.8 Å². The second-order valence-electron chi connectivity index (χ2n) is 6.81. The van der Waals surface area contributed by atoms with Crippen LogP contribution in [0, 0.1) is 0 Å². The van der Waals surface area contributed by atoms with Gasteiger partial charge in [-0.25, -0.2) is 9.97 Å². The summed E-state index contributed by atoms with van der Waals surface area (Å²) < 4.78 is 4.39. The van der Waals surface area contributed by atoms with Crippen molar-refractivity contribution in [2.24, 2.45) is 0 Å². The summed E-state index contributed by atoms with van der Waals surface area (Å²) in [6.45, 7) is 0. The Hall–Kier alpha value is -3.92. The van der Waals surface area contributed by atoms with Crippen LogP contribution < -0.4 is 0 Å². The van der Waals surface area contributed by atoms with E-state index in [4.69, 9.17) is 9.97 Å². The molecule has 0 bridgehead atoms. The Morgan fingerprint density at radius 1 is 0.571 bits per heavy atom. The smallest absolute Gasteiger partial charge is 0.145 e. The van der Waals surface area contributed by atoms with Gasteiger partial charge in [0, 0.05) is 17.4 Å². The topological polar surface area (TPSA) is 35.1 Å². The average Bonchev–Trinajstić information content (AvgIpc) is 3.33. The van der Waals surface area contributed by atoms with Gasteiger partial charge in [0.05, 0.1) is 22.1 Å². The number of fused-ring (bicyclic) bond motifs is 5. The lowest BCUT2D eigenvalue weighted by atomic mass is 10.2. The predicted molar refractivity (Wildman–Crippen MR) is 113 cm³/mol. The fourth-order valence-electron chi connectivity index (χ4n) is 3.91. The number of benzene rings is 3. The molecule has 0 atom stereocenters. The zero-order valence-corrected chi connectivity index (χ0v) is 15.0. The minimum absolute atomic E-state index is 0.931. The summed E-state index contributed by atoms with van der Waals surface area (Å²) in [6.07, 6.45) is 2.06. The Bertz CT molecular complexity index is 1440. The minimum Gasteiger partial charge on any atom is -0.298 e. The second-order valence-corrected chi connectivity index (χ2v) is 6.81. The fourth-order valence-corrected chi connectivity index (χ4v) is 3.91. The van der Waals surface area contributed by atoms with Crippen LogP contribution in [0.2, 0.25) is 0 Å². The van der Waals surface area contributed by atoms with Gasteiger partial charge in [-0.15, -0.1) is 0 Å². The van der Waals surface area contributed by atoms with Gasteiger partial charge in [-0.3, -0.25) is 8.97 Å². The van der Waals surface area contributed by atoms with Crippen molar-refractivity contribution in [2.75, 3.05) is 0 Å². The lowest BCUT2D eigenvalue weighted by Crippen LogP contribution is -1.98. The standard InChI is InChI=1S/C24H16N4/c1-3-9-17(10-4-1)24-26-20-15-14-19-22(27-16-8-7-13-21(27)25-19)23(20)28(24)18-11-5-2-6-12-18/h1-16H. The Balaban J connectivity index is 1.84. The van der Waals surface area contributed by atoms with Crippen LogP contribution in [0.3, 0.4) is 0 Å². The van der Waals surface area contributed by atoms with Gasteiger partial charge in [0.2, 0.25) is 0 Å². The molecule has 0 saturated heterocycles. The van der Waals surface area contributed by atoms with Crippen LogP contribution in [0.15, 0.2) is 97.2 Å². The predicted octanol–water partition coefficient (Wildman–Crippen LogP) is 5.49. The van der Waals surface area contributed by atoms with E-state index in [9.17, 15) is 0 Å². The average molecular weight is 360 g/mol. The van der Waals surface area contributed by atoms with E-state index in [-0.39, 0.29) is 0 Å². The molecular formula is C24H16N4. The summed E-state index contributed by atoms with van der Waals surface area (Å²) >= 11 is 0. The number of aromatic nitrogens is 4. The molecule has 0 aliphatic carbocycles. The molecule has 0 amide bonds. The number of hydrogen-bond donors (Lipinski definition) is 0. The van der Waals surface area contributed by atoms with Crippen molar-refractivity contribution in [1.82, 2.24) is 18.9 Å². The molecule has 6 aromatic rings. The first-order valence-corrected chi connectivity index (χ1v) is 9.29. The minimum atomic E-state index is 0.931. The summed E-state index contributed by atoms with van der Waals surface area (Å²) in [5.41, 5.74) is 7.18. The highest BCUT2D eigenvalue weighted by Gasteiger charge is 2.19. The Kier molecular flexibility index (Phi) is 3.14. The third kappa shape index (κ3) is 2.12. The normalized spacial score (nSPS) is 11.6. The Labute approximate surface area is 161 Å². The number of pyridine rings is 1. The molecule has 0 saturated carbocycles. The number of imidazole rings is 2. The number of para-hydroxylation sites is 1. The third-order valence-electron chi connectivity index (χ3n) is 5.13. The maximum Gasteiger partial charge on any atom is 0.145 e. The SMILES string of the molecule is c1ccc(-c2nc3ccc4nc5ccccn5c4c3n2-c2ccccc2)cc1. The molecule has 0 unspecified atom stereocenters. The van der Waals surface area contributed by atoms with Crippen molar-refractivity contribution in [3.63, 3.8) is 0 Å². The highest BCUT2D eigenvalue weighted by Crippen LogP contribution is 2.33. The van der Waals surface area contributed by atoms with Crippen molar-refractivity contribution in [3.8, 4) is 17.1 Å². The molecule has 4 heteroatoms. The van der Waals surface area contributed by atoms with Gasteiger partial charge in [0.1, 0.15) is 11.5 Å². The summed E-state index contributed by atoms with van der Waals surface area (Å²) in [6, 6.07) is 30.9. The Morgan fingerprint density at radius 2 is 1.25 bits per heavy atom. The zero-order chi connectivity index (χ0) is 18.5. The van der Waals surface area contributed by atoms with Crippen LogP contribution in [0.1, 0.15) is 0 Å². The molecule has 0 aliphatic rings. The van der Waals surface area contributed by atoms with E-state index >= 15 is 0 Å². The van der Waals surface area contributed by atoms with Crippen LogP contribution in [0.5, 0.6) is 0 Å². The highest BCUT2D eigenvalue weighted by atomic mass is 15.1. The van der Waals surface area contributed by atoms with Gasteiger partial charge in [-0.2, -0.15) is 0 Å². The molecule has 0 radical (unpaired) electrons. The van der Waals surface area contributed by atoms with Crippen LogP contribution >= 0.6 is 0 Å². The number of rotatable bonds is 2. The quantitative estimate of drug-likeness (QED) is 0.409. The lowest BCUT2D eigenvalue weighted by molar-refractivity contribution is 1.10. The van der Waals surface area contributed by atoms with E-state index in [2.05, 4.69) is 63.7 Å². The maximum atomic E-state index is 5.02. The van der Waals surface area contributed by atoms with Crippen LogP contribution in [-0.2, 0) is 0 Å². The molecule has 0 spiro atoms. The summed E-state index contributed by atoms with van der Waals surface area (Å²) in [5, 5.41) is 0. The van der Waals surface area contributed by atoms with E-state index in [1.165, 1.54) is 0 Å². The van der Waals surface area contributed by atoms with Crippen molar-refractivity contribution in [2.45, 2.75) is 0 Å². The molecule has 132 valence electrons. The molecule has 0 N–H and O–H groups in total. The van der Waals surface area contributed by atoms with Gasteiger partial charge >= 0.3 is 0 Å². The first-order valence-electron chi connectivity index (χ1n) is 9.29. The van der Waals surface area contributed by atoms with Crippen LogP contribution in [-0.4, -0.2) is 18.9 Å². The first-order chi connectivity index (χ1) is 13.9. The number of nitrogens with zero attached hydrogens (tertiary/aromatic N) is 4. The Morgan fingerprint density at radius 3 is 2.04 bits per heavy atom. The summed E-state index contributed by atoms with van der Waals surface area (Å²) in [4.78, 5) is 9.82. The molecule has 0 aliphatic heterocycles. The molecule has 3 heterocycles. The van der Waals surface area contributed by atoms with E-state index in [1.807, 2.05) is 42.5 Å². The lowest BCUT2D eigenvalue weighted by Gasteiger charge is -2.10. The van der Waals surface area contributed by atoms with Gasteiger partial charge in [-0.05, 0) is 36.4 Å². The number of hydrogen-bond acceptors (Lipinski definition) is 2. The third-order valence-corrected chi connectivity index (χ3v) is 5.13. The van der Waals surface area contributed by atoms with Gasteiger partial charge in [0.15, 0.2) is 0 Å². The molecular weight excluding hydrogens is 344 g/mol. The van der Waals surface area contributed by atoms with Gasteiger partial charge in [-0.1, -0.05) is 54.6 Å². The van der Waals surface area contributed by atoms with Crippen molar-refractivity contribution < 1.29 is 0 Å². The molecule has 4 nitrogen and oxygen atoms in total. The maximum absolute atomic E-state index is 5.02. The molecule has 6 rings (SSSR count). The van der Waals surface area contributed by atoms with Gasteiger partial charge < -0.3 is 0 Å². The summed E-state index contributed by atoms with van der Waals surface area (Å²) in [5.74, 6) is 0.931. The van der Waals surface area contributed by atoms with Crippen LogP contribution in [0.4, 0.5) is 0 Å². The monoisotopic (exact) mass is 360 g/mol. The van der Waals surface area contributed by atoms with Crippen LogP contribution in [0.25, 0.3) is 44.8 Å². The zero-order valence-electron chi connectivity index (χ0n) is 15.0. The first kappa shape index (κ1) is 15.2. The largest absolute Gasteiger partial charge is 0.298 e. The van der Waals surface area contributed by atoms with Crippen molar-refractivity contribution in [1.29, 1.82) is 0 Å². The van der Waals surface area contributed by atoms with E-state index in [1.54, 1.807) is 0 Å². The van der Waals surface area contributed by atoms with E-state index < -0.39 is 0 Å². The molecule has 0 fully saturated rings. The van der Waals surface area contributed by atoms with Gasteiger partial charge in [0.25, 0.3) is 0 Å². The fraction of sp³-hybridized carbons (Fsp3) is 0. The van der Waals surface area contributed by atoms with Crippen molar-refractivity contribution in [3.05, 3.63) is 97.2 Å². The highest BCUT2D eigenvalue weighted by molar-refractivity contribution is 6.04. The molecule has 3 aromatic carbocycles.